The van der Waals surface area contributed by atoms with Crippen LogP contribution in [0.3, 0.4) is 0 Å². The summed E-state index contributed by atoms with van der Waals surface area (Å²) in [6, 6.07) is 7.87. The van der Waals surface area contributed by atoms with Crippen LogP contribution in [-0.2, 0) is 16.1 Å². The van der Waals surface area contributed by atoms with Crippen molar-refractivity contribution in [2.75, 3.05) is 26.7 Å². The molecular formula is C18H27BrClN3O2. The van der Waals surface area contributed by atoms with Gasteiger partial charge in [-0.3, -0.25) is 9.59 Å². The molecule has 0 aliphatic carbocycles. The number of rotatable bonds is 8. The van der Waals surface area contributed by atoms with Crippen LogP contribution in [0.4, 0.5) is 0 Å². The molecule has 1 aromatic rings. The van der Waals surface area contributed by atoms with Crippen LogP contribution in [0.1, 0.15) is 31.2 Å². The van der Waals surface area contributed by atoms with Crippen molar-refractivity contribution < 1.29 is 9.59 Å². The maximum Gasteiger partial charge on any atom is 0.224 e. The van der Waals surface area contributed by atoms with Gasteiger partial charge in [-0.1, -0.05) is 34.1 Å². The molecule has 1 fully saturated rings. The molecule has 2 N–H and O–H groups in total. The smallest absolute Gasteiger partial charge is 0.224 e. The molecule has 1 atom stereocenters. The average molecular weight is 433 g/mol. The molecule has 0 spiro atoms. The lowest BCUT2D eigenvalue weighted by Gasteiger charge is -2.18. The van der Waals surface area contributed by atoms with E-state index in [0.29, 0.717) is 31.8 Å². The first-order valence-corrected chi connectivity index (χ1v) is 9.30. The molecular weight excluding hydrogens is 406 g/mol. The number of hydrogen-bond donors (Lipinski definition) is 2. The Morgan fingerprint density at radius 2 is 2.08 bits per heavy atom. The van der Waals surface area contributed by atoms with E-state index in [0.717, 1.165) is 36.0 Å². The van der Waals surface area contributed by atoms with Crippen LogP contribution in [0.5, 0.6) is 0 Å². The molecule has 2 amide bonds. The van der Waals surface area contributed by atoms with Gasteiger partial charge in [-0.2, -0.15) is 0 Å². The fraction of sp³-hybridized carbons (Fsp3) is 0.556. The summed E-state index contributed by atoms with van der Waals surface area (Å²) in [5.41, 5.74) is 1.07. The Kier molecular flexibility index (Phi) is 10.1. The zero-order valence-corrected chi connectivity index (χ0v) is 17.0. The highest BCUT2D eigenvalue weighted by molar-refractivity contribution is 9.10. The maximum atomic E-state index is 12.2. The van der Waals surface area contributed by atoms with Crippen LogP contribution in [0.15, 0.2) is 28.7 Å². The largest absolute Gasteiger partial charge is 0.356 e. The molecule has 0 aromatic heterocycles. The zero-order valence-electron chi connectivity index (χ0n) is 14.6. The van der Waals surface area contributed by atoms with Crippen molar-refractivity contribution in [1.82, 2.24) is 15.5 Å². The Hall–Kier alpha value is -1.11. The predicted octanol–water partition coefficient (Wildman–Crippen LogP) is 2.73. The van der Waals surface area contributed by atoms with Gasteiger partial charge in [-0.15, -0.1) is 12.4 Å². The third-order valence-electron chi connectivity index (χ3n) is 4.39. The highest BCUT2D eigenvalue weighted by Crippen LogP contribution is 2.17. The molecule has 2 rings (SSSR count). The standard InChI is InChI=1S/C18H26BrN3O2.ClH/c1-22(13-15-4-2-3-5-16(15)19)18(24)9-11-21-17(23)7-6-14-8-10-20-12-14;/h2-5,14,20H,6-13H2,1H3,(H,21,23);1H. The van der Waals surface area contributed by atoms with Gasteiger partial charge in [-0.05, 0) is 43.5 Å². The Balaban J connectivity index is 0.00000312. The van der Waals surface area contributed by atoms with Gasteiger partial charge in [0.1, 0.15) is 0 Å². The SMILES string of the molecule is CN(Cc1ccccc1Br)C(=O)CCNC(=O)CCC1CCNC1.Cl. The second-order valence-electron chi connectivity index (χ2n) is 6.34. The summed E-state index contributed by atoms with van der Waals surface area (Å²) in [7, 11) is 1.79. The quantitative estimate of drug-likeness (QED) is 0.664. The molecule has 1 saturated heterocycles. The molecule has 0 radical (unpaired) electrons. The third kappa shape index (κ3) is 7.75. The van der Waals surface area contributed by atoms with E-state index in [9.17, 15) is 9.59 Å². The van der Waals surface area contributed by atoms with Gasteiger partial charge in [0, 0.05) is 37.5 Å². The number of halogens is 2. The predicted molar refractivity (Wildman–Crippen MR) is 106 cm³/mol. The Morgan fingerprint density at radius 3 is 2.76 bits per heavy atom. The summed E-state index contributed by atoms with van der Waals surface area (Å²) in [5, 5.41) is 6.16. The summed E-state index contributed by atoms with van der Waals surface area (Å²) in [5.74, 6) is 0.696. The van der Waals surface area contributed by atoms with E-state index in [1.807, 2.05) is 24.3 Å². The van der Waals surface area contributed by atoms with Crippen molar-refractivity contribution in [2.45, 2.75) is 32.2 Å². The highest BCUT2D eigenvalue weighted by atomic mass is 79.9. The van der Waals surface area contributed by atoms with Crippen molar-refractivity contribution in [2.24, 2.45) is 5.92 Å². The van der Waals surface area contributed by atoms with Crippen LogP contribution in [0.2, 0.25) is 0 Å². The van der Waals surface area contributed by atoms with E-state index < -0.39 is 0 Å². The minimum absolute atomic E-state index is 0. The summed E-state index contributed by atoms with van der Waals surface area (Å²) in [6.07, 6.45) is 2.96. The summed E-state index contributed by atoms with van der Waals surface area (Å²) in [6.45, 7) is 3.04. The number of hydrogen-bond acceptors (Lipinski definition) is 3. The van der Waals surface area contributed by atoms with Crippen molar-refractivity contribution in [3.05, 3.63) is 34.3 Å². The lowest BCUT2D eigenvalue weighted by atomic mass is 10.0. The fourth-order valence-corrected chi connectivity index (χ4v) is 3.26. The monoisotopic (exact) mass is 431 g/mol. The number of benzene rings is 1. The van der Waals surface area contributed by atoms with Crippen LogP contribution in [0.25, 0.3) is 0 Å². The van der Waals surface area contributed by atoms with E-state index in [1.54, 1.807) is 11.9 Å². The minimum atomic E-state index is 0. The molecule has 5 nitrogen and oxygen atoms in total. The lowest BCUT2D eigenvalue weighted by Crippen LogP contribution is -2.32. The van der Waals surface area contributed by atoms with Gasteiger partial charge in [0.15, 0.2) is 0 Å². The van der Waals surface area contributed by atoms with Crippen molar-refractivity contribution in [3.8, 4) is 0 Å². The molecule has 0 saturated carbocycles. The maximum absolute atomic E-state index is 12.2. The number of nitrogens with zero attached hydrogens (tertiary/aromatic N) is 1. The number of carbonyl (C=O) groups is 2. The van der Waals surface area contributed by atoms with Crippen molar-refractivity contribution >= 4 is 40.2 Å². The summed E-state index contributed by atoms with van der Waals surface area (Å²) < 4.78 is 0.999. The average Bonchev–Trinajstić information content (AvgIpc) is 3.08. The molecule has 1 heterocycles. The second-order valence-corrected chi connectivity index (χ2v) is 7.19. The third-order valence-corrected chi connectivity index (χ3v) is 5.17. The Labute approximate surface area is 164 Å². The van der Waals surface area contributed by atoms with Gasteiger partial charge >= 0.3 is 0 Å². The first-order chi connectivity index (χ1) is 11.6. The normalized spacial score (nSPS) is 16.2. The number of amides is 2. The number of nitrogens with one attached hydrogen (secondary N) is 2. The molecule has 1 aromatic carbocycles. The van der Waals surface area contributed by atoms with Crippen LogP contribution in [0, 0.1) is 5.92 Å². The topological polar surface area (TPSA) is 61.4 Å². The summed E-state index contributed by atoms with van der Waals surface area (Å²) in [4.78, 5) is 25.7. The molecule has 1 aliphatic heterocycles. The van der Waals surface area contributed by atoms with Crippen LogP contribution in [-0.4, -0.2) is 43.4 Å². The highest BCUT2D eigenvalue weighted by Gasteiger charge is 2.16. The molecule has 0 bridgehead atoms. The van der Waals surface area contributed by atoms with Crippen LogP contribution < -0.4 is 10.6 Å². The van der Waals surface area contributed by atoms with Crippen molar-refractivity contribution in [3.63, 3.8) is 0 Å². The van der Waals surface area contributed by atoms with E-state index >= 15 is 0 Å². The minimum Gasteiger partial charge on any atom is -0.356 e. The van der Waals surface area contributed by atoms with Gasteiger partial charge in [0.05, 0.1) is 0 Å². The van der Waals surface area contributed by atoms with Crippen molar-refractivity contribution in [1.29, 1.82) is 0 Å². The molecule has 1 unspecified atom stereocenters. The van der Waals surface area contributed by atoms with Gasteiger partial charge < -0.3 is 15.5 Å². The Bertz CT molecular complexity index is 565. The van der Waals surface area contributed by atoms with E-state index in [2.05, 4.69) is 26.6 Å². The first kappa shape index (κ1) is 21.9. The number of carbonyl (C=O) groups excluding carboxylic acids is 2. The summed E-state index contributed by atoms with van der Waals surface area (Å²) >= 11 is 3.49. The van der Waals surface area contributed by atoms with E-state index in [4.69, 9.17) is 0 Å². The van der Waals surface area contributed by atoms with Gasteiger partial charge in [-0.25, -0.2) is 0 Å². The van der Waals surface area contributed by atoms with E-state index in [1.165, 1.54) is 0 Å². The fourth-order valence-electron chi connectivity index (χ4n) is 2.85. The lowest BCUT2D eigenvalue weighted by molar-refractivity contribution is -0.130. The van der Waals surface area contributed by atoms with Gasteiger partial charge in [0.2, 0.25) is 11.8 Å². The first-order valence-electron chi connectivity index (χ1n) is 8.51. The zero-order chi connectivity index (χ0) is 17.4. The molecule has 25 heavy (non-hydrogen) atoms. The Morgan fingerprint density at radius 1 is 1.32 bits per heavy atom. The molecule has 140 valence electrons. The molecule has 1 aliphatic rings. The van der Waals surface area contributed by atoms with E-state index in [-0.39, 0.29) is 24.2 Å². The second kappa shape index (κ2) is 11.5. The van der Waals surface area contributed by atoms with Crippen LogP contribution >= 0.6 is 28.3 Å². The van der Waals surface area contributed by atoms with Gasteiger partial charge in [0.25, 0.3) is 0 Å². The molecule has 7 heteroatoms.